The van der Waals surface area contributed by atoms with E-state index in [1.165, 1.54) is 0 Å². The van der Waals surface area contributed by atoms with E-state index in [0.717, 1.165) is 12.2 Å². The molecule has 0 aliphatic carbocycles. The van der Waals surface area contributed by atoms with Crippen molar-refractivity contribution in [2.75, 3.05) is 13.2 Å². The normalized spacial score (nSPS) is 9.48. The van der Waals surface area contributed by atoms with Gasteiger partial charge < -0.3 is 29.3 Å². The maximum absolute atomic E-state index is 10.5. The van der Waals surface area contributed by atoms with Crippen LogP contribution in [-0.2, 0) is 56.0 Å². The molecular formula is C14H18CdO8. The summed E-state index contributed by atoms with van der Waals surface area (Å²) in [4.78, 5) is 40.6. The molecule has 0 aliphatic rings. The first-order valence-electron chi connectivity index (χ1n) is 6.45. The molecule has 0 fully saturated rings. The molecule has 124 valence electrons. The van der Waals surface area contributed by atoms with Crippen LogP contribution < -0.4 is 10.2 Å². The SMILES string of the molecule is CCCOC(=O)/C=C\C(=O)[O-].CCCOC(=O)/C=C\C(=O)[O-].[Cd+2]. The van der Waals surface area contributed by atoms with Crippen LogP contribution in [0.25, 0.3) is 0 Å². The second kappa shape index (κ2) is 18.3. The Kier molecular flexibility index (Phi) is 20.9. The molecule has 0 amide bonds. The molecule has 0 bridgehead atoms. The fourth-order valence-electron chi connectivity index (χ4n) is 0.774. The van der Waals surface area contributed by atoms with E-state index in [-0.39, 0.29) is 27.3 Å². The van der Waals surface area contributed by atoms with E-state index >= 15 is 0 Å². The summed E-state index contributed by atoms with van der Waals surface area (Å²) in [5, 5.41) is 19.5. The molecule has 8 nitrogen and oxygen atoms in total. The molecule has 0 aliphatic heterocycles. The molecule has 0 spiro atoms. The van der Waals surface area contributed by atoms with Gasteiger partial charge in [-0.25, -0.2) is 9.59 Å². The zero-order valence-corrected chi connectivity index (χ0v) is 17.1. The van der Waals surface area contributed by atoms with Crippen LogP contribution in [0.1, 0.15) is 26.7 Å². The minimum Gasteiger partial charge on any atom is -0.545 e. The Morgan fingerprint density at radius 2 is 1.04 bits per heavy atom. The third kappa shape index (κ3) is 25.6. The van der Waals surface area contributed by atoms with E-state index in [1.807, 2.05) is 13.8 Å². The monoisotopic (exact) mass is 428 g/mol. The van der Waals surface area contributed by atoms with Crippen molar-refractivity contribution in [3.8, 4) is 0 Å². The summed E-state index contributed by atoms with van der Waals surface area (Å²) in [5.74, 6) is -4.12. The van der Waals surface area contributed by atoms with Crippen LogP contribution in [0.3, 0.4) is 0 Å². The van der Waals surface area contributed by atoms with E-state index in [0.29, 0.717) is 38.2 Å². The van der Waals surface area contributed by atoms with Crippen LogP contribution in [0.4, 0.5) is 0 Å². The van der Waals surface area contributed by atoms with Gasteiger partial charge in [-0.15, -0.1) is 0 Å². The zero-order chi connectivity index (χ0) is 17.4. The fourth-order valence-corrected chi connectivity index (χ4v) is 0.774. The third-order valence-electron chi connectivity index (χ3n) is 1.61. The Labute approximate surface area is 154 Å². The van der Waals surface area contributed by atoms with Gasteiger partial charge in [0.1, 0.15) is 0 Å². The number of esters is 2. The molecule has 0 saturated heterocycles. The predicted octanol–water partition coefficient (Wildman–Crippen LogP) is -1.51. The molecular weight excluding hydrogens is 409 g/mol. The van der Waals surface area contributed by atoms with Crippen LogP contribution in [0.5, 0.6) is 0 Å². The van der Waals surface area contributed by atoms with E-state index in [4.69, 9.17) is 0 Å². The summed E-state index contributed by atoms with van der Waals surface area (Å²) in [6.45, 7) is 4.29. The van der Waals surface area contributed by atoms with Crippen LogP contribution in [0, 0.1) is 0 Å². The largest absolute Gasteiger partial charge is 2.00 e. The maximum atomic E-state index is 10.5. The minimum absolute atomic E-state index is 0. The standard InChI is InChI=1S/2C7H10O4.Cd/c2*1-2-5-11-7(10)4-3-6(8)9;/h2*3-4H,2,5H2,1H3,(H,8,9);/q;;+2/p-2/b2*4-3-;. The number of ether oxygens (including phenoxy) is 2. The number of carboxylic acid groups (broad SMARTS) is 2. The Morgan fingerprint density at radius 1 is 0.739 bits per heavy atom. The zero-order valence-electron chi connectivity index (χ0n) is 13.1. The number of hydrogen-bond donors (Lipinski definition) is 0. The van der Waals surface area contributed by atoms with Gasteiger partial charge in [0, 0.05) is 12.2 Å². The van der Waals surface area contributed by atoms with Gasteiger partial charge in [0.2, 0.25) is 0 Å². The summed E-state index contributed by atoms with van der Waals surface area (Å²) >= 11 is 0. The predicted molar refractivity (Wildman–Crippen MR) is 70.8 cm³/mol. The van der Waals surface area contributed by atoms with Crippen molar-refractivity contribution < 1.29 is 66.2 Å². The molecule has 0 aromatic heterocycles. The van der Waals surface area contributed by atoms with Gasteiger partial charge in [-0.05, 0) is 25.0 Å². The molecule has 0 atom stereocenters. The van der Waals surface area contributed by atoms with E-state index < -0.39 is 23.9 Å². The van der Waals surface area contributed by atoms with Crippen LogP contribution in [-0.4, -0.2) is 37.1 Å². The van der Waals surface area contributed by atoms with Gasteiger partial charge in [0.25, 0.3) is 0 Å². The average molecular weight is 427 g/mol. The molecule has 23 heavy (non-hydrogen) atoms. The summed E-state index contributed by atoms with van der Waals surface area (Å²) in [6, 6.07) is 0. The van der Waals surface area contributed by atoms with E-state index in [9.17, 15) is 29.4 Å². The fraction of sp³-hybridized carbons (Fsp3) is 0.429. The van der Waals surface area contributed by atoms with Crippen molar-refractivity contribution in [2.45, 2.75) is 26.7 Å². The quantitative estimate of drug-likeness (QED) is 0.260. The number of carbonyl (C=O) groups is 4. The molecule has 0 saturated carbocycles. The third-order valence-corrected chi connectivity index (χ3v) is 1.61. The van der Waals surface area contributed by atoms with Gasteiger partial charge in [-0.1, -0.05) is 13.8 Å². The smallest absolute Gasteiger partial charge is 0.545 e. The first-order chi connectivity index (χ1) is 10.3. The second-order valence-corrected chi connectivity index (χ2v) is 3.64. The van der Waals surface area contributed by atoms with Gasteiger partial charge in [0.05, 0.1) is 25.2 Å². The molecule has 9 heteroatoms. The number of rotatable bonds is 8. The molecule has 0 rings (SSSR count). The first-order valence-corrected chi connectivity index (χ1v) is 6.45. The van der Waals surface area contributed by atoms with Gasteiger partial charge in [0.15, 0.2) is 0 Å². The Balaban J connectivity index is -0.000000333. The van der Waals surface area contributed by atoms with Crippen LogP contribution >= 0.6 is 0 Å². The van der Waals surface area contributed by atoms with Crippen LogP contribution in [0.15, 0.2) is 24.3 Å². The maximum Gasteiger partial charge on any atom is 2.00 e. The van der Waals surface area contributed by atoms with Crippen molar-refractivity contribution in [1.82, 2.24) is 0 Å². The summed E-state index contributed by atoms with van der Waals surface area (Å²) in [7, 11) is 0. The van der Waals surface area contributed by atoms with E-state index in [1.54, 1.807) is 0 Å². The topological polar surface area (TPSA) is 133 Å². The van der Waals surface area contributed by atoms with Crippen molar-refractivity contribution in [2.24, 2.45) is 0 Å². The van der Waals surface area contributed by atoms with Crippen molar-refractivity contribution in [3.05, 3.63) is 24.3 Å². The van der Waals surface area contributed by atoms with Gasteiger partial charge >= 0.3 is 39.2 Å². The van der Waals surface area contributed by atoms with Crippen LogP contribution in [0.2, 0.25) is 0 Å². The average Bonchev–Trinajstić information content (AvgIpc) is 2.47. The molecule has 0 heterocycles. The van der Waals surface area contributed by atoms with Gasteiger partial charge in [-0.3, -0.25) is 0 Å². The summed E-state index contributed by atoms with van der Waals surface area (Å²) < 4.78 is 9.05. The van der Waals surface area contributed by atoms with Crippen molar-refractivity contribution >= 4 is 23.9 Å². The Bertz CT molecular complexity index is 388. The molecule has 0 unspecified atom stereocenters. The minimum atomic E-state index is -1.40. The number of carbonyl (C=O) groups excluding carboxylic acids is 4. The Morgan fingerprint density at radius 3 is 1.26 bits per heavy atom. The summed E-state index contributed by atoms with van der Waals surface area (Å²) in [6.07, 6.45) is 4.35. The van der Waals surface area contributed by atoms with Crippen molar-refractivity contribution in [1.29, 1.82) is 0 Å². The molecule has 0 N–H and O–H groups in total. The number of carboxylic acids is 2. The molecule has 0 aromatic rings. The van der Waals surface area contributed by atoms with Crippen molar-refractivity contribution in [3.63, 3.8) is 0 Å². The number of hydrogen-bond acceptors (Lipinski definition) is 8. The second-order valence-electron chi connectivity index (χ2n) is 3.64. The summed E-state index contributed by atoms with van der Waals surface area (Å²) in [5.41, 5.74) is 0. The molecule has 0 aromatic carbocycles. The molecule has 0 radical (unpaired) electrons. The number of aliphatic carboxylic acids is 2. The van der Waals surface area contributed by atoms with Gasteiger partial charge in [-0.2, -0.15) is 0 Å². The van der Waals surface area contributed by atoms with E-state index in [2.05, 4.69) is 9.47 Å². The first kappa shape index (κ1) is 26.2. The Hall–Kier alpha value is -1.72.